The van der Waals surface area contributed by atoms with E-state index in [4.69, 9.17) is 39.5 Å². The lowest BCUT2D eigenvalue weighted by Crippen LogP contribution is -2.54. The maximum atomic E-state index is 13.1. The monoisotopic (exact) mass is 500 g/mol. The summed E-state index contributed by atoms with van der Waals surface area (Å²) in [5.41, 5.74) is 1.11. The van der Waals surface area contributed by atoms with Crippen LogP contribution in [-0.2, 0) is 16.2 Å². The van der Waals surface area contributed by atoms with E-state index in [1.165, 1.54) is 12.1 Å². The molecule has 0 aliphatic carbocycles. The van der Waals surface area contributed by atoms with Gasteiger partial charge in [-0.25, -0.2) is 9.69 Å². The summed E-state index contributed by atoms with van der Waals surface area (Å²) in [5, 5.41) is 3.33. The number of benzene rings is 3. The molecule has 1 aliphatic rings. The molecule has 4 rings (SSSR count). The van der Waals surface area contributed by atoms with Crippen LogP contribution >= 0.6 is 34.8 Å². The molecule has 0 saturated carbocycles. The number of halogens is 3. The van der Waals surface area contributed by atoms with Gasteiger partial charge in [-0.05, 0) is 36.4 Å². The third kappa shape index (κ3) is 4.88. The molecule has 0 atom stereocenters. The standard InChI is InChI=1S/C24H15Cl3N2O4/c25-16-10-9-15(19(27)12-16)13-33-21-8-4-1-5-14(21)11-17-22(30)28-24(32)29(23(17)31)20-7-3-2-6-18(20)26/h1-12H,13H2,(H,28,30,32)/b17-11+. The van der Waals surface area contributed by atoms with Gasteiger partial charge in [0.05, 0.1) is 10.7 Å². The normalized spacial score (nSPS) is 15.1. The van der Waals surface area contributed by atoms with Crippen LogP contribution in [0.4, 0.5) is 10.5 Å². The van der Waals surface area contributed by atoms with Gasteiger partial charge in [-0.2, -0.15) is 0 Å². The highest BCUT2D eigenvalue weighted by molar-refractivity contribution is 6.42. The second kappa shape index (κ2) is 9.67. The molecule has 33 heavy (non-hydrogen) atoms. The SMILES string of the molecule is O=C1NC(=O)N(c2ccccc2Cl)C(=O)/C1=C/c1ccccc1OCc1ccc(Cl)cc1Cl. The second-order valence-corrected chi connectivity index (χ2v) is 8.22. The summed E-state index contributed by atoms with van der Waals surface area (Å²) in [7, 11) is 0. The average Bonchev–Trinajstić information content (AvgIpc) is 2.78. The minimum absolute atomic E-state index is 0.139. The zero-order valence-electron chi connectivity index (χ0n) is 16.8. The Morgan fingerprint density at radius 2 is 1.61 bits per heavy atom. The van der Waals surface area contributed by atoms with Crippen LogP contribution in [-0.4, -0.2) is 17.8 Å². The first-order chi connectivity index (χ1) is 15.8. The van der Waals surface area contributed by atoms with Crippen LogP contribution in [0.5, 0.6) is 5.75 Å². The molecule has 3 aromatic rings. The van der Waals surface area contributed by atoms with E-state index in [0.29, 0.717) is 26.9 Å². The Hall–Kier alpha value is -3.32. The topological polar surface area (TPSA) is 75.7 Å². The maximum Gasteiger partial charge on any atom is 0.335 e. The highest BCUT2D eigenvalue weighted by Gasteiger charge is 2.37. The van der Waals surface area contributed by atoms with E-state index in [0.717, 1.165) is 4.90 Å². The lowest BCUT2D eigenvalue weighted by Gasteiger charge is -2.27. The molecule has 166 valence electrons. The summed E-state index contributed by atoms with van der Waals surface area (Å²) in [6.45, 7) is 0.139. The first-order valence-electron chi connectivity index (χ1n) is 9.67. The Morgan fingerprint density at radius 1 is 0.879 bits per heavy atom. The number of nitrogens with zero attached hydrogens (tertiary/aromatic N) is 1. The number of imide groups is 2. The smallest absolute Gasteiger partial charge is 0.335 e. The second-order valence-electron chi connectivity index (χ2n) is 6.97. The van der Waals surface area contributed by atoms with Crippen molar-refractivity contribution < 1.29 is 19.1 Å². The van der Waals surface area contributed by atoms with Crippen LogP contribution in [0.15, 0.2) is 72.3 Å². The third-order valence-corrected chi connectivity index (χ3v) is 5.72. The lowest BCUT2D eigenvalue weighted by atomic mass is 10.1. The highest BCUT2D eigenvalue weighted by Crippen LogP contribution is 2.30. The zero-order valence-corrected chi connectivity index (χ0v) is 19.1. The Balaban J connectivity index is 1.65. The number of nitrogens with one attached hydrogen (secondary N) is 1. The lowest BCUT2D eigenvalue weighted by molar-refractivity contribution is -0.122. The molecule has 1 saturated heterocycles. The summed E-state index contributed by atoms with van der Waals surface area (Å²) in [6, 6.07) is 17.4. The Kier molecular flexibility index (Phi) is 6.70. The van der Waals surface area contributed by atoms with Crippen LogP contribution in [0.1, 0.15) is 11.1 Å². The molecular formula is C24H15Cl3N2O4. The quantitative estimate of drug-likeness (QED) is 0.349. The number of amides is 4. The molecule has 1 heterocycles. The van der Waals surface area contributed by atoms with E-state index < -0.39 is 17.8 Å². The van der Waals surface area contributed by atoms with Gasteiger partial charge in [0.25, 0.3) is 11.8 Å². The molecule has 0 radical (unpaired) electrons. The van der Waals surface area contributed by atoms with Crippen molar-refractivity contribution in [3.05, 3.63) is 98.5 Å². The number of para-hydroxylation sites is 2. The van der Waals surface area contributed by atoms with Gasteiger partial charge in [0.2, 0.25) is 0 Å². The largest absolute Gasteiger partial charge is 0.488 e. The number of hydrogen-bond acceptors (Lipinski definition) is 4. The molecular weight excluding hydrogens is 487 g/mol. The molecule has 0 spiro atoms. The average molecular weight is 502 g/mol. The molecule has 0 aromatic heterocycles. The molecule has 9 heteroatoms. The number of barbiturate groups is 1. The molecule has 1 N–H and O–H groups in total. The van der Waals surface area contributed by atoms with Gasteiger partial charge in [0.1, 0.15) is 17.9 Å². The van der Waals surface area contributed by atoms with E-state index in [9.17, 15) is 14.4 Å². The summed E-state index contributed by atoms with van der Waals surface area (Å²) in [5.74, 6) is -1.20. The van der Waals surface area contributed by atoms with Crippen molar-refractivity contribution in [1.82, 2.24) is 5.32 Å². The Bertz CT molecular complexity index is 1310. The number of ether oxygens (including phenoxy) is 1. The molecule has 0 bridgehead atoms. The molecule has 1 fully saturated rings. The summed E-state index contributed by atoms with van der Waals surface area (Å²) >= 11 is 18.3. The van der Waals surface area contributed by atoms with Gasteiger partial charge < -0.3 is 4.74 Å². The van der Waals surface area contributed by atoms with Gasteiger partial charge in [0, 0.05) is 21.2 Å². The Labute approximate surface area is 204 Å². The van der Waals surface area contributed by atoms with E-state index in [-0.39, 0.29) is 22.9 Å². The van der Waals surface area contributed by atoms with Gasteiger partial charge in [0.15, 0.2) is 0 Å². The number of urea groups is 1. The molecule has 1 aliphatic heterocycles. The van der Waals surface area contributed by atoms with Crippen molar-refractivity contribution in [2.75, 3.05) is 4.90 Å². The van der Waals surface area contributed by atoms with Crippen LogP contribution in [0.2, 0.25) is 15.1 Å². The summed E-state index contributed by atoms with van der Waals surface area (Å²) in [4.78, 5) is 38.8. The number of carbonyl (C=O) groups is 3. The predicted molar refractivity (Wildman–Crippen MR) is 128 cm³/mol. The van der Waals surface area contributed by atoms with Crippen LogP contribution in [0.3, 0.4) is 0 Å². The van der Waals surface area contributed by atoms with Crippen molar-refractivity contribution in [2.45, 2.75) is 6.61 Å². The van der Waals surface area contributed by atoms with Crippen molar-refractivity contribution in [1.29, 1.82) is 0 Å². The number of rotatable bonds is 5. The number of anilines is 1. The van der Waals surface area contributed by atoms with E-state index >= 15 is 0 Å². The van der Waals surface area contributed by atoms with Crippen LogP contribution in [0, 0.1) is 0 Å². The molecule has 3 aromatic carbocycles. The number of hydrogen-bond donors (Lipinski definition) is 1. The fraction of sp³-hybridized carbons (Fsp3) is 0.0417. The summed E-state index contributed by atoms with van der Waals surface area (Å²) in [6.07, 6.45) is 1.37. The zero-order chi connectivity index (χ0) is 23.5. The van der Waals surface area contributed by atoms with E-state index in [2.05, 4.69) is 5.32 Å². The molecule has 0 unspecified atom stereocenters. The molecule has 4 amide bonds. The fourth-order valence-electron chi connectivity index (χ4n) is 3.19. The summed E-state index contributed by atoms with van der Waals surface area (Å²) < 4.78 is 5.89. The Morgan fingerprint density at radius 3 is 2.36 bits per heavy atom. The van der Waals surface area contributed by atoms with Crippen molar-refractivity contribution in [3.63, 3.8) is 0 Å². The number of carbonyl (C=O) groups excluding carboxylic acids is 3. The van der Waals surface area contributed by atoms with Gasteiger partial charge in [-0.3, -0.25) is 14.9 Å². The van der Waals surface area contributed by atoms with Gasteiger partial charge in [-0.1, -0.05) is 71.2 Å². The first kappa shape index (κ1) is 22.9. The van der Waals surface area contributed by atoms with E-state index in [1.807, 2.05) is 0 Å². The van der Waals surface area contributed by atoms with Crippen LogP contribution in [0.25, 0.3) is 6.08 Å². The predicted octanol–water partition coefficient (Wildman–Crippen LogP) is 5.89. The minimum Gasteiger partial charge on any atom is -0.488 e. The maximum absolute atomic E-state index is 13.1. The van der Waals surface area contributed by atoms with Crippen molar-refractivity contribution in [2.24, 2.45) is 0 Å². The van der Waals surface area contributed by atoms with Gasteiger partial charge in [-0.15, -0.1) is 0 Å². The fourth-order valence-corrected chi connectivity index (χ4v) is 3.87. The highest BCUT2D eigenvalue weighted by atomic mass is 35.5. The van der Waals surface area contributed by atoms with Crippen molar-refractivity contribution in [3.8, 4) is 5.75 Å². The van der Waals surface area contributed by atoms with E-state index in [1.54, 1.807) is 60.7 Å². The van der Waals surface area contributed by atoms with Gasteiger partial charge >= 0.3 is 6.03 Å². The third-order valence-electron chi connectivity index (χ3n) is 4.81. The van der Waals surface area contributed by atoms with Crippen LogP contribution < -0.4 is 15.0 Å². The minimum atomic E-state index is -0.878. The first-order valence-corrected chi connectivity index (χ1v) is 10.8. The molecule has 6 nitrogen and oxygen atoms in total. The van der Waals surface area contributed by atoms with Crippen molar-refractivity contribution >= 4 is 64.4 Å².